The van der Waals surface area contributed by atoms with E-state index in [1.807, 2.05) is 36.4 Å². The van der Waals surface area contributed by atoms with Crippen molar-refractivity contribution in [3.05, 3.63) is 136 Å². The number of benzene rings is 4. The van der Waals surface area contributed by atoms with E-state index >= 15 is 0 Å². The monoisotopic (exact) mass is 581 g/mol. The number of nitrogens with zero attached hydrogens (tertiary/aromatic N) is 1. The number of alkyl halides is 3. The average Bonchev–Trinajstić information content (AvgIpc) is 2.98. The Morgan fingerprint density at radius 1 is 0.878 bits per heavy atom. The number of hydrogen-bond acceptors (Lipinski definition) is 4. The van der Waals surface area contributed by atoms with E-state index in [2.05, 4.69) is 29.2 Å². The summed E-state index contributed by atoms with van der Waals surface area (Å²) in [5, 5.41) is -0.281. The molecule has 0 bridgehead atoms. The molecule has 0 aliphatic heterocycles. The van der Waals surface area contributed by atoms with Gasteiger partial charge in [-0.25, -0.2) is 4.79 Å². The largest absolute Gasteiger partial charge is 0.494 e. The summed E-state index contributed by atoms with van der Waals surface area (Å²) in [6.07, 6.45) is -3.95. The minimum atomic E-state index is -4.54. The highest BCUT2D eigenvalue weighted by Crippen LogP contribution is 2.37. The lowest BCUT2D eigenvalue weighted by Gasteiger charge is -2.29. The van der Waals surface area contributed by atoms with Gasteiger partial charge >= 0.3 is 12.1 Å². The molecule has 8 heteroatoms. The van der Waals surface area contributed by atoms with Gasteiger partial charge in [-0.15, -0.1) is 0 Å². The third-order valence-electron chi connectivity index (χ3n) is 6.77. The molecule has 0 atom stereocenters. The first-order valence-electron chi connectivity index (χ1n) is 13.2. The van der Waals surface area contributed by atoms with Crippen LogP contribution in [0.5, 0.6) is 5.75 Å². The predicted molar refractivity (Wildman–Crippen MR) is 154 cm³/mol. The van der Waals surface area contributed by atoms with Crippen LogP contribution < -0.4 is 4.74 Å². The van der Waals surface area contributed by atoms with E-state index in [4.69, 9.17) is 21.1 Å². The average molecular weight is 582 g/mol. The van der Waals surface area contributed by atoms with Crippen molar-refractivity contribution in [2.45, 2.75) is 25.1 Å². The van der Waals surface area contributed by atoms with Crippen molar-refractivity contribution in [2.75, 3.05) is 26.8 Å². The van der Waals surface area contributed by atoms with Gasteiger partial charge in [-0.3, -0.25) is 4.90 Å². The molecule has 0 aromatic heterocycles. The fourth-order valence-corrected chi connectivity index (χ4v) is 5.03. The molecule has 0 radical (unpaired) electrons. The first kappa shape index (κ1) is 30.2. The summed E-state index contributed by atoms with van der Waals surface area (Å²) in [6, 6.07) is 30.9. The van der Waals surface area contributed by atoms with Crippen LogP contribution in [0.3, 0.4) is 0 Å². The van der Waals surface area contributed by atoms with Crippen molar-refractivity contribution in [1.82, 2.24) is 4.90 Å². The molecule has 4 aromatic carbocycles. The maximum Gasteiger partial charge on any atom is 0.417 e. The Morgan fingerprint density at radius 2 is 1.51 bits per heavy atom. The third-order valence-corrected chi connectivity index (χ3v) is 7.21. The molecule has 0 amide bonds. The Labute approximate surface area is 243 Å². The standard InChI is InChI=1S/C33H31ClF3NO3/c1-40-32(39)26-15-8-17-28(21-26)41-20-10-19-38(22-27-16-9-18-30(31(27)34)33(35,36)37)23-29(24-11-4-2-5-12-24)25-13-6-3-7-14-25/h2-9,11-18,21,29H,10,19-20,22-23H2,1H3. The molecule has 0 saturated carbocycles. The van der Waals surface area contributed by atoms with Crippen LogP contribution in [0.4, 0.5) is 13.2 Å². The molecule has 214 valence electrons. The smallest absolute Gasteiger partial charge is 0.417 e. The van der Waals surface area contributed by atoms with Crippen LogP contribution in [0.25, 0.3) is 0 Å². The minimum Gasteiger partial charge on any atom is -0.494 e. The molecule has 4 aromatic rings. The predicted octanol–water partition coefficient (Wildman–Crippen LogP) is 8.25. The topological polar surface area (TPSA) is 38.8 Å². The van der Waals surface area contributed by atoms with Crippen LogP contribution in [-0.4, -0.2) is 37.7 Å². The highest BCUT2D eigenvalue weighted by molar-refractivity contribution is 6.32. The number of carbonyl (C=O) groups is 1. The van der Waals surface area contributed by atoms with Crippen LogP contribution >= 0.6 is 11.6 Å². The van der Waals surface area contributed by atoms with Gasteiger partial charge in [0.15, 0.2) is 0 Å². The minimum absolute atomic E-state index is 0.0142. The number of hydrogen-bond donors (Lipinski definition) is 0. The second-order valence-corrected chi connectivity index (χ2v) is 9.98. The molecule has 0 N–H and O–H groups in total. The van der Waals surface area contributed by atoms with E-state index in [0.717, 1.165) is 17.2 Å². The molecule has 4 rings (SSSR count). The molecule has 0 spiro atoms. The molecule has 0 fully saturated rings. The number of carbonyl (C=O) groups excluding carboxylic acids is 1. The van der Waals surface area contributed by atoms with Crippen molar-refractivity contribution in [3.63, 3.8) is 0 Å². The van der Waals surface area contributed by atoms with E-state index in [1.165, 1.54) is 13.2 Å². The Morgan fingerprint density at radius 3 is 2.12 bits per heavy atom. The van der Waals surface area contributed by atoms with Crippen molar-refractivity contribution in [3.8, 4) is 5.75 Å². The van der Waals surface area contributed by atoms with Gasteiger partial charge in [-0.1, -0.05) is 90.5 Å². The number of halogens is 4. The fraction of sp³-hybridized carbons (Fsp3) is 0.242. The van der Waals surface area contributed by atoms with Gasteiger partial charge in [0, 0.05) is 25.6 Å². The van der Waals surface area contributed by atoms with E-state index in [1.54, 1.807) is 30.3 Å². The van der Waals surface area contributed by atoms with Crippen LogP contribution in [0, 0.1) is 0 Å². The van der Waals surface area contributed by atoms with E-state index in [-0.39, 0.29) is 17.5 Å². The molecule has 0 saturated heterocycles. The number of ether oxygens (including phenoxy) is 2. The summed E-state index contributed by atoms with van der Waals surface area (Å²) < 4.78 is 51.4. The lowest BCUT2D eigenvalue weighted by molar-refractivity contribution is -0.137. The van der Waals surface area contributed by atoms with Crippen molar-refractivity contribution < 1.29 is 27.4 Å². The summed E-state index contributed by atoms with van der Waals surface area (Å²) in [6.45, 7) is 1.67. The molecular weight excluding hydrogens is 551 g/mol. The summed E-state index contributed by atoms with van der Waals surface area (Å²) in [5.41, 5.74) is 2.17. The molecule has 0 aliphatic rings. The van der Waals surface area contributed by atoms with E-state index < -0.39 is 17.7 Å². The maximum atomic E-state index is 13.6. The second-order valence-electron chi connectivity index (χ2n) is 9.61. The Bertz CT molecular complexity index is 1370. The molecular formula is C33H31ClF3NO3. The highest BCUT2D eigenvalue weighted by Gasteiger charge is 2.34. The quantitative estimate of drug-likeness (QED) is 0.125. The van der Waals surface area contributed by atoms with Gasteiger partial charge in [-0.05, 0) is 47.4 Å². The normalized spacial score (nSPS) is 11.6. The molecule has 41 heavy (non-hydrogen) atoms. The molecule has 4 nitrogen and oxygen atoms in total. The maximum absolute atomic E-state index is 13.6. The van der Waals surface area contributed by atoms with Crippen LogP contribution in [0.15, 0.2) is 103 Å². The summed E-state index contributed by atoms with van der Waals surface area (Å²) in [4.78, 5) is 14.0. The van der Waals surface area contributed by atoms with Crippen molar-refractivity contribution in [2.24, 2.45) is 0 Å². The second kappa shape index (κ2) is 14.2. The lowest BCUT2D eigenvalue weighted by atomic mass is 9.90. The summed E-state index contributed by atoms with van der Waals surface area (Å²) in [5.74, 6) is 0.0684. The van der Waals surface area contributed by atoms with Crippen molar-refractivity contribution >= 4 is 17.6 Å². The number of methoxy groups -OCH3 is 1. The van der Waals surface area contributed by atoms with Crippen LogP contribution in [0.1, 0.15) is 45.0 Å². The van der Waals surface area contributed by atoms with Crippen LogP contribution in [0.2, 0.25) is 5.02 Å². The summed E-state index contributed by atoms with van der Waals surface area (Å²) >= 11 is 6.29. The zero-order chi connectivity index (χ0) is 29.2. The Balaban J connectivity index is 1.55. The third kappa shape index (κ3) is 8.35. The SMILES string of the molecule is COC(=O)c1cccc(OCCCN(Cc2cccc(C(F)(F)F)c2Cl)CC(c2ccccc2)c2ccccc2)c1. The van der Waals surface area contributed by atoms with Gasteiger partial charge in [-0.2, -0.15) is 13.2 Å². The first-order chi connectivity index (χ1) is 19.8. The van der Waals surface area contributed by atoms with E-state index in [9.17, 15) is 18.0 Å². The Hall–Kier alpha value is -3.81. The summed E-state index contributed by atoms with van der Waals surface area (Å²) in [7, 11) is 1.32. The fourth-order valence-electron chi connectivity index (χ4n) is 4.74. The zero-order valence-electron chi connectivity index (χ0n) is 22.6. The molecule has 0 unspecified atom stereocenters. The van der Waals surface area contributed by atoms with Gasteiger partial charge in [0.05, 0.1) is 29.9 Å². The number of esters is 1. The van der Waals surface area contributed by atoms with E-state index in [0.29, 0.717) is 43.0 Å². The van der Waals surface area contributed by atoms with Crippen LogP contribution in [-0.2, 0) is 17.5 Å². The number of rotatable bonds is 12. The molecule has 0 heterocycles. The first-order valence-corrected chi connectivity index (χ1v) is 13.6. The Kier molecular flexibility index (Phi) is 10.4. The van der Waals surface area contributed by atoms with Gasteiger partial charge < -0.3 is 9.47 Å². The van der Waals surface area contributed by atoms with Gasteiger partial charge in [0.2, 0.25) is 0 Å². The zero-order valence-corrected chi connectivity index (χ0v) is 23.4. The van der Waals surface area contributed by atoms with Crippen molar-refractivity contribution in [1.29, 1.82) is 0 Å². The molecule has 0 aliphatic carbocycles. The van der Waals surface area contributed by atoms with Gasteiger partial charge in [0.1, 0.15) is 5.75 Å². The lowest BCUT2D eigenvalue weighted by Crippen LogP contribution is -2.31. The van der Waals surface area contributed by atoms with Gasteiger partial charge in [0.25, 0.3) is 0 Å². The highest BCUT2D eigenvalue weighted by atomic mass is 35.5.